The number of ether oxygens (including phenoxy) is 1. The molecule has 0 saturated carbocycles. The van der Waals surface area contributed by atoms with Crippen LogP contribution in [-0.2, 0) is 24.6 Å². The number of aliphatic hydroxyl groups is 1. The number of nitrogens with zero attached hydrogens (tertiary/aromatic N) is 2. The topological polar surface area (TPSA) is 59.3 Å². The van der Waals surface area contributed by atoms with Gasteiger partial charge in [-0.25, -0.2) is 0 Å². The second-order valence-corrected chi connectivity index (χ2v) is 5.71. The molecule has 2 heterocycles. The van der Waals surface area contributed by atoms with E-state index in [0.29, 0.717) is 19.4 Å². The van der Waals surface area contributed by atoms with Crippen molar-refractivity contribution in [1.29, 1.82) is 0 Å². The van der Waals surface area contributed by atoms with Crippen LogP contribution < -0.4 is 5.32 Å². The molecule has 1 aromatic heterocycles. The molecule has 2 atom stereocenters. The molecule has 0 aliphatic carbocycles. The minimum absolute atomic E-state index is 0.239. The van der Waals surface area contributed by atoms with Crippen LogP contribution in [0.1, 0.15) is 31.7 Å². The Morgan fingerprint density at radius 1 is 1.63 bits per heavy atom. The van der Waals surface area contributed by atoms with Gasteiger partial charge in [-0.1, -0.05) is 6.92 Å². The Hall–Kier alpha value is -0.910. The summed E-state index contributed by atoms with van der Waals surface area (Å²) in [6, 6.07) is 2.32. The van der Waals surface area contributed by atoms with Crippen LogP contribution >= 0.6 is 0 Å². The first-order valence-electron chi connectivity index (χ1n) is 7.05. The van der Waals surface area contributed by atoms with Crippen LogP contribution in [0.2, 0.25) is 0 Å². The monoisotopic (exact) mass is 267 g/mol. The van der Waals surface area contributed by atoms with Gasteiger partial charge in [0.1, 0.15) is 0 Å². The van der Waals surface area contributed by atoms with Crippen molar-refractivity contribution in [3.05, 3.63) is 17.5 Å². The zero-order chi connectivity index (χ0) is 13.9. The molecule has 1 aromatic rings. The average Bonchev–Trinajstić information content (AvgIpc) is 2.70. The van der Waals surface area contributed by atoms with E-state index in [0.717, 1.165) is 31.0 Å². The first-order chi connectivity index (χ1) is 9.00. The molecule has 2 N–H and O–H groups in total. The number of aromatic nitrogens is 2. The number of hydrogen-bond donors (Lipinski definition) is 2. The predicted octanol–water partition coefficient (Wildman–Crippen LogP) is 0.654. The molecular weight excluding hydrogens is 242 g/mol. The van der Waals surface area contributed by atoms with Crippen molar-refractivity contribution in [3.8, 4) is 0 Å². The Morgan fingerprint density at radius 2 is 2.42 bits per heavy atom. The molecule has 108 valence electrons. The van der Waals surface area contributed by atoms with Crippen molar-refractivity contribution >= 4 is 0 Å². The minimum atomic E-state index is -0.739. The molecule has 0 radical (unpaired) electrons. The van der Waals surface area contributed by atoms with Gasteiger partial charge in [0.05, 0.1) is 24.5 Å². The molecule has 19 heavy (non-hydrogen) atoms. The third-order valence-corrected chi connectivity index (χ3v) is 3.64. The zero-order valence-corrected chi connectivity index (χ0v) is 12.1. The van der Waals surface area contributed by atoms with Gasteiger partial charge in [-0.15, -0.1) is 0 Å². The molecule has 1 aliphatic heterocycles. The smallest absolute Gasteiger partial charge is 0.0690 e. The summed E-state index contributed by atoms with van der Waals surface area (Å²) in [4.78, 5) is 0. The van der Waals surface area contributed by atoms with E-state index < -0.39 is 5.60 Å². The van der Waals surface area contributed by atoms with Crippen molar-refractivity contribution in [2.45, 2.75) is 44.8 Å². The predicted molar refractivity (Wildman–Crippen MR) is 74.1 cm³/mol. The van der Waals surface area contributed by atoms with Crippen LogP contribution in [0.3, 0.4) is 0 Å². The minimum Gasteiger partial charge on any atom is -0.390 e. The van der Waals surface area contributed by atoms with E-state index in [9.17, 15) is 5.11 Å². The van der Waals surface area contributed by atoms with Crippen molar-refractivity contribution in [2.75, 3.05) is 19.8 Å². The maximum atomic E-state index is 10.6. The summed E-state index contributed by atoms with van der Waals surface area (Å²) >= 11 is 0. The molecule has 5 heteroatoms. The highest BCUT2D eigenvalue weighted by molar-refractivity contribution is 5.12. The second-order valence-electron chi connectivity index (χ2n) is 5.71. The van der Waals surface area contributed by atoms with Gasteiger partial charge in [-0.3, -0.25) is 4.68 Å². The van der Waals surface area contributed by atoms with E-state index in [1.165, 1.54) is 0 Å². The molecule has 1 aliphatic rings. The first kappa shape index (κ1) is 14.5. The lowest BCUT2D eigenvalue weighted by Crippen LogP contribution is -2.46. The highest BCUT2D eigenvalue weighted by Gasteiger charge is 2.28. The fourth-order valence-electron chi connectivity index (χ4n) is 2.65. The Morgan fingerprint density at radius 3 is 3.00 bits per heavy atom. The second kappa shape index (κ2) is 6.03. The molecule has 0 amide bonds. The largest absolute Gasteiger partial charge is 0.390 e. The molecule has 0 spiro atoms. The Bertz CT molecular complexity index is 409. The van der Waals surface area contributed by atoms with Crippen LogP contribution in [0.4, 0.5) is 0 Å². The fourth-order valence-corrected chi connectivity index (χ4v) is 2.65. The summed E-state index contributed by atoms with van der Waals surface area (Å²) < 4.78 is 7.31. The van der Waals surface area contributed by atoms with Gasteiger partial charge >= 0.3 is 0 Å². The lowest BCUT2D eigenvalue weighted by atomic mass is 9.91. The normalized spacial score (nSPS) is 23.3. The first-order valence-corrected chi connectivity index (χ1v) is 7.05. The van der Waals surface area contributed by atoms with E-state index in [-0.39, 0.29) is 6.04 Å². The van der Waals surface area contributed by atoms with Crippen molar-refractivity contribution in [1.82, 2.24) is 15.1 Å². The maximum absolute atomic E-state index is 10.6. The SMILES string of the molecule is CCc1cc(CC(C)(O)CC2COCCN2)n(C)n1. The molecule has 1 saturated heterocycles. The van der Waals surface area contributed by atoms with E-state index in [2.05, 4.69) is 23.4 Å². The average molecular weight is 267 g/mol. The standard InChI is InChI=1S/C14H25N3O2/c1-4-11-7-13(17(3)16-11)9-14(2,18)8-12-10-19-6-5-15-12/h7,12,15,18H,4-6,8-10H2,1-3H3. The lowest BCUT2D eigenvalue weighted by molar-refractivity contribution is 0.00548. The molecule has 5 nitrogen and oxygen atoms in total. The van der Waals surface area contributed by atoms with Gasteiger partial charge in [0.2, 0.25) is 0 Å². The Kier molecular flexibility index (Phi) is 4.60. The third-order valence-electron chi connectivity index (χ3n) is 3.64. The molecule has 0 aromatic carbocycles. The molecule has 0 bridgehead atoms. The van der Waals surface area contributed by atoms with E-state index in [1.807, 2.05) is 18.7 Å². The van der Waals surface area contributed by atoms with Gasteiger partial charge in [0.25, 0.3) is 0 Å². The molecule has 1 fully saturated rings. The van der Waals surface area contributed by atoms with Crippen LogP contribution in [0, 0.1) is 0 Å². The number of nitrogens with one attached hydrogen (secondary N) is 1. The quantitative estimate of drug-likeness (QED) is 0.822. The van der Waals surface area contributed by atoms with Gasteiger partial charge in [0.15, 0.2) is 0 Å². The van der Waals surface area contributed by atoms with Crippen LogP contribution in [0.15, 0.2) is 6.07 Å². The maximum Gasteiger partial charge on any atom is 0.0690 e. The number of morpholine rings is 1. The number of rotatable bonds is 5. The summed E-state index contributed by atoms with van der Waals surface area (Å²) in [5.41, 5.74) is 1.42. The molecular formula is C14H25N3O2. The summed E-state index contributed by atoms with van der Waals surface area (Å²) in [6.45, 7) is 6.30. The van der Waals surface area contributed by atoms with Gasteiger partial charge in [-0.2, -0.15) is 5.10 Å². The van der Waals surface area contributed by atoms with Gasteiger partial charge < -0.3 is 15.2 Å². The summed E-state index contributed by atoms with van der Waals surface area (Å²) in [7, 11) is 1.94. The zero-order valence-electron chi connectivity index (χ0n) is 12.1. The van der Waals surface area contributed by atoms with Gasteiger partial charge in [0, 0.05) is 31.7 Å². The Labute approximate surface area is 115 Å². The van der Waals surface area contributed by atoms with E-state index in [4.69, 9.17) is 4.74 Å². The lowest BCUT2D eigenvalue weighted by Gasteiger charge is -2.31. The van der Waals surface area contributed by atoms with E-state index in [1.54, 1.807) is 0 Å². The fraction of sp³-hybridized carbons (Fsp3) is 0.786. The summed E-state index contributed by atoms with van der Waals surface area (Å²) in [5, 5.41) is 18.4. The number of aryl methyl sites for hydroxylation is 2. The summed E-state index contributed by atoms with van der Waals surface area (Å²) in [5.74, 6) is 0. The number of hydrogen-bond acceptors (Lipinski definition) is 4. The van der Waals surface area contributed by atoms with Crippen molar-refractivity contribution in [2.24, 2.45) is 7.05 Å². The third kappa shape index (κ3) is 4.03. The van der Waals surface area contributed by atoms with Crippen LogP contribution in [0.5, 0.6) is 0 Å². The molecule has 2 unspecified atom stereocenters. The van der Waals surface area contributed by atoms with Crippen molar-refractivity contribution in [3.63, 3.8) is 0 Å². The van der Waals surface area contributed by atoms with Crippen LogP contribution in [0.25, 0.3) is 0 Å². The van der Waals surface area contributed by atoms with Gasteiger partial charge in [-0.05, 0) is 25.8 Å². The summed E-state index contributed by atoms with van der Waals surface area (Å²) in [6.07, 6.45) is 2.24. The van der Waals surface area contributed by atoms with E-state index >= 15 is 0 Å². The Balaban J connectivity index is 1.96. The highest BCUT2D eigenvalue weighted by Crippen LogP contribution is 2.20. The highest BCUT2D eigenvalue weighted by atomic mass is 16.5. The van der Waals surface area contributed by atoms with Crippen LogP contribution in [-0.4, -0.2) is 46.3 Å². The van der Waals surface area contributed by atoms with Crippen molar-refractivity contribution < 1.29 is 9.84 Å². The molecule has 2 rings (SSSR count).